The van der Waals surface area contributed by atoms with E-state index >= 15 is 4.39 Å². The van der Waals surface area contributed by atoms with Gasteiger partial charge in [-0.15, -0.1) is 0 Å². The van der Waals surface area contributed by atoms with Crippen LogP contribution in [0.4, 0.5) is 15.8 Å². The Labute approximate surface area is 253 Å². The van der Waals surface area contributed by atoms with Gasteiger partial charge in [-0.3, -0.25) is 14.4 Å². The fourth-order valence-corrected chi connectivity index (χ4v) is 6.52. The molecule has 1 saturated heterocycles. The number of nitrogens with two attached hydrogens (primary N) is 1. The minimum Gasteiger partial charge on any atom is -0.484 e. The second kappa shape index (κ2) is 11.2. The van der Waals surface area contributed by atoms with Crippen molar-refractivity contribution in [3.8, 4) is 5.75 Å². The third kappa shape index (κ3) is 5.44. The fraction of sp³-hybridized carbons (Fsp3) is 0.323. The predicted octanol–water partition coefficient (Wildman–Crippen LogP) is 5.39. The number of carbonyl (C=O) groups is 3. The lowest BCUT2D eigenvalue weighted by atomic mass is 9.62. The van der Waals surface area contributed by atoms with Crippen LogP contribution in [0.1, 0.15) is 44.2 Å². The number of rotatable bonds is 7. The highest BCUT2D eigenvalue weighted by atomic mass is 35.5. The van der Waals surface area contributed by atoms with Crippen molar-refractivity contribution in [2.75, 3.05) is 17.2 Å². The lowest BCUT2D eigenvalue weighted by molar-refractivity contribution is -0.122. The summed E-state index contributed by atoms with van der Waals surface area (Å²) in [5.74, 6) is -2.69. The summed E-state index contributed by atoms with van der Waals surface area (Å²) in [5.41, 5.74) is 5.27. The molecular formula is C31H31Cl2FN4O4. The summed E-state index contributed by atoms with van der Waals surface area (Å²) >= 11 is 12.5. The van der Waals surface area contributed by atoms with Crippen molar-refractivity contribution in [2.45, 2.75) is 50.6 Å². The number of hydrogen-bond acceptors (Lipinski definition) is 5. The molecule has 3 aromatic rings. The first-order valence-electron chi connectivity index (χ1n) is 13.4. The van der Waals surface area contributed by atoms with E-state index in [2.05, 4.69) is 16.0 Å². The molecule has 5 N–H and O–H groups in total. The van der Waals surface area contributed by atoms with Gasteiger partial charge in [0.1, 0.15) is 17.0 Å². The number of anilines is 2. The number of amides is 3. The molecule has 2 aliphatic rings. The maximum Gasteiger partial charge on any atom is 0.255 e. The molecule has 220 valence electrons. The predicted molar refractivity (Wildman–Crippen MR) is 160 cm³/mol. The fourth-order valence-electron chi connectivity index (χ4n) is 6.16. The summed E-state index contributed by atoms with van der Waals surface area (Å²) in [4.78, 5) is 39.3. The van der Waals surface area contributed by atoms with Crippen molar-refractivity contribution >= 4 is 52.3 Å². The second-order valence-electron chi connectivity index (χ2n) is 11.9. The molecule has 1 unspecified atom stereocenters. The number of hydrogen-bond donors (Lipinski definition) is 4. The Bertz CT molecular complexity index is 1560. The average Bonchev–Trinajstić information content (AvgIpc) is 3.38. The number of fused-ring (bicyclic) bond motifs is 2. The monoisotopic (exact) mass is 612 g/mol. The first-order chi connectivity index (χ1) is 19.8. The summed E-state index contributed by atoms with van der Waals surface area (Å²) in [6, 6.07) is 14.6. The lowest BCUT2D eigenvalue weighted by Crippen LogP contribution is -2.49. The van der Waals surface area contributed by atoms with Crippen LogP contribution in [0.15, 0.2) is 60.7 Å². The smallest absolute Gasteiger partial charge is 0.255 e. The number of benzene rings is 3. The minimum atomic E-state index is -1.35. The van der Waals surface area contributed by atoms with Gasteiger partial charge in [0, 0.05) is 28.4 Å². The zero-order chi connectivity index (χ0) is 30.4. The second-order valence-corrected chi connectivity index (χ2v) is 12.7. The van der Waals surface area contributed by atoms with Gasteiger partial charge in [-0.05, 0) is 65.4 Å². The number of carbonyl (C=O) groups excluding carboxylic acids is 3. The van der Waals surface area contributed by atoms with Gasteiger partial charge in [0.2, 0.25) is 11.8 Å². The van der Waals surface area contributed by atoms with Crippen LogP contribution in [0.25, 0.3) is 0 Å². The molecule has 0 saturated carbocycles. The van der Waals surface area contributed by atoms with Crippen molar-refractivity contribution in [3.05, 3.63) is 87.7 Å². The molecule has 0 aromatic heterocycles. The van der Waals surface area contributed by atoms with E-state index in [1.165, 1.54) is 6.07 Å². The highest BCUT2D eigenvalue weighted by Gasteiger charge is 2.66. The Morgan fingerprint density at radius 2 is 1.81 bits per heavy atom. The molecule has 5 rings (SSSR count). The van der Waals surface area contributed by atoms with Crippen LogP contribution >= 0.6 is 23.2 Å². The maximum atomic E-state index is 15.9. The third-order valence-electron chi connectivity index (χ3n) is 7.72. The van der Waals surface area contributed by atoms with E-state index in [1.54, 1.807) is 54.6 Å². The van der Waals surface area contributed by atoms with Crippen molar-refractivity contribution in [2.24, 2.45) is 11.1 Å². The maximum absolute atomic E-state index is 15.9. The van der Waals surface area contributed by atoms with Crippen LogP contribution in [0.2, 0.25) is 10.0 Å². The van der Waals surface area contributed by atoms with Crippen molar-refractivity contribution in [1.82, 2.24) is 5.32 Å². The molecule has 8 nitrogen and oxygen atoms in total. The molecule has 3 amide bonds. The lowest BCUT2D eigenvalue weighted by Gasteiger charge is -2.37. The van der Waals surface area contributed by atoms with Crippen LogP contribution in [-0.2, 0) is 19.8 Å². The first-order valence-corrected chi connectivity index (χ1v) is 14.2. The molecule has 3 aromatic carbocycles. The van der Waals surface area contributed by atoms with Gasteiger partial charge >= 0.3 is 0 Å². The average molecular weight is 614 g/mol. The standard InChI is InChI=1S/C31H31Cl2FN4O4/c1-30(2,3)14-23-31(20-12-7-16(32)13-22(20)37-29(31)41)25(19-5-4-6-21(33)26(19)34)27(38-23)28(40)36-17-8-10-18(11-9-17)42-15-24(35)39/h4-13,23,25,27,38H,14-15H2,1-3H3,(H2,35,39)(H,36,40)(H,37,41)/t23-,25+,27+,31?/m0/s1. The summed E-state index contributed by atoms with van der Waals surface area (Å²) in [5, 5.41) is 9.61. The van der Waals surface area contributed by atoms with Crippen LogP contribution in [0.3, 0.4) is 0 Å². The zero-order valence-electron chi connectivity index (χ0n) is 23.3. The van der Waals surface area contributed by atoms with Gasteiger partial charge in [0.25, 0.3) is 5.91 Å². The van der Waals surface area contributed by atoms with Gasteiger partial charge in [-0.2, -0.15) is 0 Å². The minimum absolute atomic E-state index is 0.109. The Kier molecular flexibility index (Phi) is 7.96. The van der Waals surface area contributed by atoms with Crippen molar-refractivity contribution in [3.63, 3.8) is 0 Å². The molecular weight excluding hydrogens is 582 g/mol. The van der Waals surface area contributed by atoms with Crippen LogP contribution in [-0.4, -0.2) is 36.4 Å². The van der Waals surface area contributed by atoms with E-state index in [9.17, 15) is 14.4 Å². The van der Waals surface area contributed by atoms with Crippen LogP contribution in [0, 0.1) is 11.2 Å². The Morgan fingerprint density at radius 1 is 1.10 bits per heavy atom. The first kappa shape index (κ1) is 29.8. The largest absolute Gasteiger partial charge is 0.484 e. The zero-order valence-corrected chi connectivity index (χ0v) is 24.8. The molecule has 1 spiro atoms. The molecule has 1 fully saturated rings. The number of halogens is 3. The topological polar surface area (TPSA) is 123 Å². The highest BCUT2D eigenvalue weighted by Crippen LogP contribution is 2.57. The molecule has 0 bridgehead atoms. The molecule has 0 radical (unpaired) electrons. The summed E-state index contributed by atoms with van der Waals surface area (Å²) in [6.07, 6.45) is 0.497. The molecule has 2 heterocycles. The van der Waals surface area contributed by atoms with Gasteiger partial charge in [-0.1, -0.05) is 62.2 Å². The molecule has 4 atom stereocenters. The van der Waals surface area contributed by atoms with E-state index in [-0.39, 0.29) is 28.5 Å². The summed E-state index contributed by atoms with van der Waals surface area (Å²) in [7, 11) is 0. The van der Waals surface area contributed by atoms with Gasteiger partial charge < -0.3 is 26.4 Å². The highest BCUT2D eigenvalue weighted by molar-refractivity contribution is 6.31. The van der Waals surface area contributed by atoms with E-state index in [0.717, 1.165) is 0 Å². The number of primary amides is 1. The normalized spacial score (nSPS) is 23.0. The van der Waals surface area contributed by atoms with Crippen LogP contribution < -0.4 is 26.4 Å². The van der Waals surface area contributed by atoms with E-state index in [1.807, 2.05) is 20.8 Å². The Hall–Kier alpha value is -3.66. The Balaban J connectivity index is 1.62. The van der Waals surface area contributed by atoms with Crippen molar-refractivity contribution in [1.29, 1.82) is 0 Å². The van der Waals surface area contributed by atoms with Crippen molar-refractivity contribution < 1.29 is 23.5 Å². The number of nitrogens with one attached hydrogen (secondary N) is 3. The number of ether oxygens (including phenoxy) is 1. The molecule has 0 aliphatic carbocycles. The van der Waals surface area contributed by atoms with Gasteiger partial charge in [0.15, 0.2) is 6.61 Å². The summed E-state index contributed by atoms with van der Waals surface area (Å²) in [6.45, 7) is 5.85. The van der Waals surface area contributed by atoms with Gasteiger partial charge in [-0.25, -0.2) is 4.39 Å². The quantitative estimate of drug-likeness (QED) is 0.285. The Morgan fingerprint density at radius 3 is 2.48 bits per heavy atom. The summed E-state index contributed by atoms with van der Waals surface area (Å²) < 4.78 is 21.2. The van der Waals surface area contributed by atoms with E-state index in [4.69, 9.17) is 33.7 Å². The third-order valence-corrected chi connectivity index (χ3v) is 8.25. The SMILES string of the molecule is CC(C)(C)C[C@@H]1N[C@@H](C(=O)Nc2ccc(OCC(N)=O)cc2)[C@@H](c2cccc(Cl)c2F)C12C(=O)Nc1cc(Cl)ccc12. The molecule has 2 aliphatic heterocycles. The molecule has 42 heavy (non-hydrogen) atoms. The van der Waals surface area contributed by atoms with E-state index < -0.39 is 41.0 Å². The molecule has 11 heteroatoms. The van der Waals surface area contributed by atoms with E-state index in [0.29, 0.717) is 34.1 Å². The van der Waals surface area contributed by atoms with Crippen LogP contribution in [0.5, 0.6) is 5.75 Å². The van der Waals surface area contributed by atoms with Gasteiger partial charge in [0.05, 0.1) is 11.1 Å².